The van der Waals surface area contributed by atoms with Crippen molar-refractivity contribution >= 4 is 68.7 Å². The van der Waals surface area contributed by atoms with E-state index in [1.807, 2.05) is 44.2 Å². The maximum absolute atomic E-state index is 12.3. The number of aliphatic imine (C=N–C) groups is 1. The molecule has 0 saturated heterocycles. The molecule has 0 fully saturated rings. The van der Waals surface area contributed by atoms with Gasteiger partial charge >= 0.3 is 5.97 Å². The van der Waals surface area contributed by atoms with Gasteiger partial charge in [-0.25, -0.2) is 14.8 Å². The van der Waals surface area contributed by atoms with E-state index in [4.69, 9.17) is 28.9 Å². The Balaban J connectivity index is 1.86. The molecule has 5 nitrogen and oxygen atoms in total. The van der Waals surface area contributed by atoms with Crippen LogP contribution in [0.1, 0.15) is 41.4 Å². The molecular weight excluding hydrogens is 497 g/mol. The molecule has 3 aromatic rings. The Morgan fingerprint density at radius 3 is 2.36 bits per heavy atom. The molecule has 170 valence electrons. The zero-order chi connectivity index (χ0) is 24.0. The standard InChI is InChI=1S/C24H21Cl2N3O2S2/c1-10-5-11(2)7-14(6-10)19(12(3)27)21(22(30)31)29-24-28-20-16-9-18(26)17(25)8-15(16)13(4)32-23(20)33-24/h5-9,13H,27H2,1-4H3,(H,30,31). The lowest BCUT2D eigenvalue weighted by atomic mass is 9.96. The molecule has 1 aliphatic rings. The second kappa shape index (κ2) is 9.14. The van der Waals surface area contributed by atoms with Gasteiger partial charge in [0.1, 0.15) is 0 Å². The van der Waals surface area contributed by atoms with Crippen LogP contribution in [-0.2, 0) is 4.79 Å². The van der Waals surface area contributed by atoms with Gasteiger partial charge in [-0.15, -0.1) is 11.8 Å². The first kappa shape index (κ1) is 23.8. The number of hydrogen-bond acceptors (Lipinski definition) is 6. The van der Waals surface area contributed by atoms with Gasteiger partial charge in [0, 0.05) is 22.1 Å². The summed E-state index contributed by atoms with van der Waals surface area (Å²) in [4.78, 5) is 21.4. The van der Waals surface area contributed by atoms with Crippen molar-refractivity contribution in [1.82, 2.24) is 4.98 Å². The summed E-state index contributed by atoms with van der Waals surface area (Å²) < 4.78 is 0.957. The number of nitrogens with two attached hydrogens (primary N) is 1. The molecule has 2 aromatic carbocycles. The predicted molar refractivity (Wildman–Crippen MR) is 139 cm³/mol. The fraction of sp³-hybridized carbons (Fsp3) is 0.208. The van der Waals surface area contributed by atoms with Gasteiger partial charge in [-0.05, 0) is 51.0 Å². The first-order valence-corrected chi connectivity index (χ1v) is 12.5. The number of aryl methyl sites for hydroxylation is 2. The number of carbonyl (C=O) groups is 1. The van der Waals surface area contributed by atoms with Crippen LogP contribution in [0.5, 0.6) is 0 Å². The van der Waals surface area contributed by atoms with Gasteiger partial charge in [-0.3, -0.25) is 0 Å². The second-order valence-electron chi connectivity index (χ2n) is 7.95. The van der Waals surface area contributed by atoms with Gasteiger partial charge in [-0.2, -0.15) is 0 Å². The molecule has 1 atom stereocenters. The molecule has 0 spiro atoms. The molecular formula is C24H21Cl2N3O2S2. The van der Waals surface area contributed by atoms with E-state index in [1.54, 1.807) is 18.7 Å². The first-order valence-electron chi connectivity index (χ1n) is 10.1. The largest absolute Gasteiger partial charge is 0.476 e. The van der Waals surface area contributed by atoms with Crippen LogP contribution in [0.2, 0.25) is 10.0 Å². The van der Waals surface area contributed by atoms with Crippen molar-refractivity contribution in [3.63, 3.8) is 0 Å². The highest BCUT2D eigenvalue weighted by Gasteiger charge is 2.28. The van der Waals surface area contributed by atoms with E-state index in [2.05, 4.69) is 16.9 Å². The summed E-state index contributed by atoms with van der Waals surface area (Å²) >= 11 is 15.5. The lowest BCUT2D eigenvalue weighted by Gasteiger charge is -2.21. The van der Waals surface area contributed by atoms with Gasteiger partial charge in [0.15, 0.2) is 5.71 Å². The topological polar surface area (TPSA) is 88.6 Å². The smallest absolute Gasteiger partial charge is 0.355 e. The Morgan fingerprint density at radius 2 is 1.76 bits per heavy atom. The van der Waals surface area contributed by atoms with E-state index in [9.17, 15) is 9.90 Å². The lowest BCUT2D eigenvalue weighted by molar-refractivity contribution is -0.129. The van der Waals surface area contributed by atoms with E-state index >= 15 is 0 Å². The maximum Gasteiger partial charge on any atom is 0.355 e. The average molecular weight is 518 g/mol. The van der Waals surface area contributed by atoms with E-state index in [0.717, 1.165) is 32.2 Å². The molecule has 2 heterocycles. The number of allylic oxidation sites excluding steroid dienone is 1. The van der Waals surface area contributed by atoms with E-state index in [-0.39, 0.29) is 11.0 Å². The molecule has 0 radical (unpaired) electrons. The van der Waals surface area contributed by atoms with Crippen LogP contribution >= 0.6 is 46.3 Å². The summed E-state index contributed by atoms with van der Waals surface area (Å²) in [5.74, 6) is -1.17. The zero-order valence-electron chi connectivity index (χ0n) is 18.4. The van der Waals surface area contributed by atoms with Gasteiger partial charge in [0.05, 0.1) is 19.9 Å². The third-order valence-electron chi connectivity index (χ3n) is 5.21. The Labute approximate surface area is 210 Å². The van der Waals surface area contributed by atoms with Crippen molar-refractivity contribution in [2.24, 2.45) is 10.7 Å². The number of rotatable bonds is 4. The molecule has 3 N–H and O–H groups in total. The summed E-state index contributed by atoms with van der Waals surface area (Å²) in [5, 5.41) is 11.5. The number of nitrogens with zero attached hydrogens (tertiary/aromatic N) is 2. The Morgan fingerprint density at radius 1 is 1.12 bits per heavy atom. The molecule has 4 rings (SSSR count). The number of carboxylic acids is 1. The summed E-state index contributed by atoms with van der Waals surface area (Å²) in [6, 6.07) is 9.51. The van der Waals surface area contributed by atoms with Crippen LogP contribution in [0.4, 0.5) is 5.13 Å². The van der Waals surface area contributed by atoms with Crippen LogP contribution < -0.4 is 5.73 Å². The van der Waals surface area contributed by atoms with Crippen molar-refractivity contribution in [3.8, 4) is 11.3 Å². The van der Waals surface area contributed by atoms with E-state index < -0.39 is 5.97 Å². The SMILES string of the molecule is CC(N)=C(C(=Nc1nc2c(s1)SC(C)c1cc(Cl)c(Cl)cc1-2)C(=O)O)c1cc(C)cc(C)c1. The van der Waals surface area contributed by atoms with E-state index in [0.29, 0.717) is 32.0 Å². The fourth-order valence-corrected chi connectivity index (χ4v) is 6.68. The molecule has 0 amide bonds. The van der Waals surface area contributed by atoms with Crippen molar-refractivity contribution in [2.45, 2.75) is 37.2 Å². The van der Waals surface area contributed by atoms with Crippen LogP contribution in [0.3, 0.4) is 0 Å². The predicted octanol–water partition coefficient (Wildman–Crippen LogP) is 7.45. The number of halogens is 2. The highest BCUT2D eigenvalue weighted by Crippen LogP contribution is 2.53. The quantitative estimate of drug-likeness (QED) is 0.350. The zero-order valence-corrected chi connectivity index (χ0v) is 21.5. The normalized spacial score (nSPS) is 16.2. The minimum absolute atomic E-state index is 0.140. The molecule has 33 heavy (non-hydrogen) atoms. The average Bonchev–Trinajstić information content (AvgIpc) is 3.10. The van der Waals surface area contributed by atoms with E-state index in [1.165, 1.54) is 11.3 Å². The van der Waals surface area contributed by atoms with Crippen LogP contribution in [0.15, 0.2) is 45.2 Å². The highest BCUT2D eigenvalue weighted by atomic mass is 35.5. The fourth-order valence-electron chi connectivity index (χ4n) is 3.90. The number of hydrogen-bond donors (Lipinski definition) is 2. The third-order valence-corrected chi connectivity index (χ3v) is 8.23. The molecule has 0 saturated carbocycles. The Kier molecular flexibility index (Phi) is 6.60. The summed E-state index contributed by atoms with van der Waals surface area (Å²) in [7, 11) is 0. The maximum atomic E-state index is 12.3. The number of aliphatic carboxylic acids is 1. The third kappa shape index (κ3) is 4.68. The van der Waals surface area contributed by atoms with Crippen LogP contribution in [0, 0.1) is 13.8 Å². The van der Waals surface area contributed by atoms with Gasteiger partial charge in [0.25, 0.3) is 0 Å². The summed E-state index contributed by atoms with van der Waals surface area (Å²) in [6.45, 7) is 7.68. The number of aromatic nitrogens is 1. The van der Waals surface area contributed by atoms with Gasteiger partial charge in [-0.1, -0.05) is 63.9 Å². The van der Waals surface area contributed by atoms with Crippen LogP contribution in [-0.4, -0.2) is 21.8 Å². The first-order chi connectivity index (χ1) is 15.5. The van der Waals surface area contributed by atoms with Crippen LogP contribution in [0.25, 0.3) is 16.8 Å². The number of carboxylic acid groups (broad SMARTS) is 1. The van der Waals surface area contributed by atoms with Crippen molar-refractivity contribution < 1.29 is 9.90 Å². The highest BCUT2D eigenvalue weighted by molar-refractivity contribution is 8.01. The van der Waals surface area contributed by atoms with Gasteiger partial charge in [0.2, 0.25) is 5.13 Å². The minimum Gasteiger partial charge on any atom is -0.476 e. The number of thioether (sulfide) groups is 1. The molecule has 0 bridgehead atoms. The molecule has 1 aliphatic heterocycles. The van der Waals surface area contributed by atoms with Crippen molar-refractivity contribution in [1.29, 1.82) is 0 Å². The molecule has 1 aromatic heterocycles. The minimum atomic E-state index is -1.17. The molecule has 9 heteroatoms. The summed E-state index contributed by atoms with van der Waals surface area (Å²) in [5.41, 5.74) is 12.2. The number of thiazole rings is 1. The van der Waals surface area contributed by atoms with Crippen molar-refractivity contribution in [3.05, 3.63) is 68.3 Å². The number of benzene rings is 2. The summed E-state index contributed by atoms with van der Waals surface area (Å²) in [6.07, 6.45) is 0. The number of fused-ring (bicyclic) bond motifs is 3. The van der Waals surface area contributed by atoms with Crippen molar-refractivity contribution in [2.75, 3.05) is 0 Å². The lowest BCUT2D eigenvalue weighted by Crippen LogP contribution is -2.18. The Bertz CT molecular complexity index is 1340. The van der Waals surface area contributed by atoms with Gasteiger partial charge < -0.3 is 10.8 Å². The molecule has 0 aliphatic carbocycles. The monoisotopic (exact) mass is 517 g/mol. The Hall–Kier alpha value is -2.32. The second-order valence-corrected chi connectivity index (χ2v) is 11.3. The molecule has 1 unspecified atom stereocenters.